The number of nitrogens with one attached hydrogen (secondary N) is 1. The fourth-order valence-electron chi connectivity index (χ4n) is 2.16. The van der Waals surface area contributed by atoms with Crippen LogP contribution in [-0.2, 0) is 14.3 Å². The molecule has 2 aromatic carbocycles. The zero-order valence-electron chi connectivity index (χ0n) is 15.2. The number of carbonyl (C=O) groups excluding carboxylic acids is 3. The highest BCUT2D eigenvalue weighted by molar-refractivity contribution is 9.10. The Kier molecular flexibility index (Phi) is 7.83. The van der Waals surface area contributed by atoms with Crippen molar-refractivity contribution in [3.05, 3.63) is 57.5 Å². The lowest BCUT2D eigenvalue weighted by atomic mass is 10.2. The maximum atomic E-state index is 12.2. The second-order valence-corrected chi connectivity index (χ2v) is 6.96. The highest BCUT2D eigenvalue weighted by Crippen LogP contribution is 2.23. The molecule has 0 bridgehead atoms. The van der Waals surface area contributed by atoms with Gasteiger partial charge >= 0.3 is 5.97 Å². The smallest absolute Gasteiger partial charge is 0.339 e. The Balaban J connectivity index is 1.87. The fraction of sp³-hybridized carbons (Fsp3) is 0.211. The summed E-state index contributed by atoms with van der Waals surface area (Å²) in [5.74, 6) is -1.16. The Morgan fingerprint density at radius 3 is 2.57 bits per heavy atom. The molecule has 148 valence electrons. The Labute approximate surface area is 175 Å². The molecular weight excluding hydrogens is 452 g/mol. The Morgan fingerprint density at radius 1 is 1.18 bits per heavy atom. The minimum Gasteiger partial charge on any atom is -0.497 e. The number of methoxy groups -OCH3 is 1. The van der Waals surface area contributed by atoms with E-state index in [9.17, 15) is 14.4 Å². The van der Waals surface area contributed by atoms with Crippen LogP contribution in [0.25, 0.3) is 0 Å². The van der Waals surface area contributed by atoms with E-state index >= 15 is 0 Å². The van der Waals surface area contributed by atoms with Crippen molar-refractivity contribution in [2.24, 2.45) is 0 Å². The number of likely N-dealkylation sites (N-methyl/N-ethyl adjacent to an activating group) is 1. The number of ether oxygens (including phenoxy) is 2. The van der Waals surface area contributed by atoms with Gasteiger partial charge in [0.05, 0.1) is 29.9 Å². The van der Waals surface area contributed by atoms with Crippen molar-refractivity contribution in [1.82, 2.24) is 4.90 Å². The Morgan fingerprint density at radius 2 is 1.89 bits per heavy atom. The molecule has 28 heavy (non-hydrogen) atoms. The molecule has 0 aliphatic carbocycles. The van der Waals surface area contributed by atoms with Crippen molar-refractivity contribution in [3.8, 4) is 5.75 Å². The zero-order valence-corrected chi connectivity index (χ0v) is 17.5. The van der Waals surface area contributed by atoms with Gasteiger partial charge in [0.1, 0.15) is 5.75 Å². The van der Waals surface area contributed by atoms with E-state index in [0.29, 0.717) is 20.9 Å². The molecule has 0 aliphatic heterocycles. The van der Waals surface area contributed by atoms with E-state index in [1.165, 1.54) is 20.2 Å². The molecule has 7 nitrogen and oxygen atoms in total. The third-order valence-corrected chi connectivity index (χ3v) is 4.70. The third kappa shape index (κ3) is 5.97. The molecule has 0 spiro atoms. The summed E-state index contributed by atoms with van der Waals surface area (Å²) in [7, 11) is 2.91. The average molecular weight is 470 g/mol. The number of esters is 1. The fourth-order valence-corrected chi connectivity index (χ4v) is 2.75. The third-order valence-electron chi connectivity index (χ3n) is 3.67. The number of para-hydroxylation sites is 1. The van der Waals surface area contributed by atoms with Crippen LogP contribution in [-0.4, -0.2) is 50.0 Å². The van der Waals surface area contributed by atoms with Crippen LogP contribution in [0.15, 0.2) is 46.9 Å². The summed E-state index contributed by atoms with van der Waals surface area (Å²) in [4.78, 5) is 37.6. The summed E-state index contributed by atoms with van der Waals surface area (Å²) in [6, 6.07) is 11.6. The van der Waals surface area contributed by atoms with Gasteiger partial charge in [0.15, 0.2) is 6.61 Å². The lowest BCUT2D eigenvalue weighted by Gasteiger charge is -2.17. The highest BCUT2D eigenvalue weighted by atomic mass is 79.9. The standard InChI is InChI=1S/C19H18BrClN2O5/c1-23(10-17(24)22-16-6-4-3-5-15(16)21)18(25)11-28-19(26)13-9-12(27-2)7-8-14(13)20/h3-9H,10-11H2,1-2H3,(H,22,24). The topological polar surface area (TPSA) is 84.9 Å². The second kappa shape index (κ2) is 10.1. The quantitative estimate of drug-likeness (QED) is 0.629. The van der Waals surface area contributed by atoms with Crippen LogP contribution in [0.3, 0.4) is 0 Å². The highest BCUT2D eigenvalue weighted by Gasteiger charge is 2.18. The molecule has 2 amide bonds. The van der Waals surface area contributed by atoms with Crippen molar-refractivity contribution in [3.63, 3.8) is 0 Å². The van der Waals surface area contributed by atoms with Crippen LogP contribution in [0.2, 0.25) is 5.02 Å². The molecule has 0 fully saturated rings. The maximum absolute atomic E-state index is 12.2. The predicted molar refractivity (Wildman–Crippen MR) is 109 cm³/mol. The van der Waals surface area contributed by atoms with E-state index in [4.69, 9.17) is 21.1 Å². The molecule has 2 aromatic rings. The van der Waals surface area contributed by atoms with E-state index in [-0.39, 0.29) is 12.1 Å². The largest absolute Gasteiger partial charge is 0.497 e. The molecule has 0 atom stereocenters. The van der Waals surface area contributed by atoms with Crippen LogP contribution in [0.4, 0.5) is 5.69 Å². The van der Waals surface area contributed by atoms with Crippen LogP contribution in [0.5, 0.6) is 5.75 Å². The molecule has 0 radical (unpaired) electrons. The summed E-state index contributed by atoms with van der Waals surface area (Å²) in [6.45, 7) is -0.719. The van der Waals surface area contributed by atoms with Gasteiger partial charge in [-0.3, -0.25) is 9.59 Å². The Bertz CT molecular complexity index is 890. The van der Waals surface area contributed by atoms with Crippen molar-refractivity contribution in [2.45, 2.75) is 0 Å². The van der Waals surface area contributed by atoms with Crippen molar-refractivity contribution < 1.29 is 23.9 Å². The van der Waals surface area contributed by atoms with Crippen molar-refractivity contribution in [2.75, 3.05) is 32.6 Å². The number of halogens is 2. The van der Waals surface area contributed by atoms with E-state index < -0.39 is 24.4 Å². The molecule has 0 unspecified atom stereocenters. The SMILES string of the molecule is COc1ccc(Br)c(C(=O)OCC(=O)N(C)CC(=O)Nc2ccccc2Cl)c1. The van der Waals surface area contributed by atoms with Gasteiger partial charge in [0, 0.05) is 11.5 Å². The number of anilines is 1. The van der Waals surface area contributed by atoms with Gasteiger partial charge in [0.2, 0.25) is 5.91 Å². The first-order chi connectivity index (χ1) is 13.3. The molecule has 2 rings (SSSR count). The van der Waals surface area contributed by atoms with Crippen molar-refractivity contribution >= 4 is 51.0 Å². The lowest BCUT2D eigenvalue weighted by molar-refractivity contribution is -0.136. The van der Waals surface area contributed by atoms with Crippen LogP contribution in [0, 0.1) is 0 Å². The van der Waals surface area contributed by atoms with Crippen molar-refractivity contribution in [1.29, 1.82) is 0 Å². The van der Waals surface area contributed by atoms with Crippen LogP contribution in [0.1, 0.15) is 10.4 Å². The molecule has 0 aromatic heterocycles. The lowest BCUT2D eigenvalue weighted by Crippen LogP contribution is -2.37. The van der Waals surface area contributed by atoms with Gasteiger partial charge < -0.3 is 19.7 Å². The maximum Gasteiger partial charge on any atom is 0.339 e. The molecule has 9 heteroatoms. The van der Waals surface area contributed by atoms with E-state index in [1.807, 2.05) is 0 Å². The molecular formula is C19H18BrClN2O5. The first-order valence-corrected chi connectivity index (χ1v) is 9.28. The van der Waals surface area contributed by atoms with Gasteiger partial charge in [-0.15, -0.1) is 0 Å². The summed E-state index contributed by atoms with van der Waals surface area (Å²) in [5.41, 5.74) is 0.676. The molecule has 0 aliphatic rings. The first kappa shape index (κ1) is 21.7. The average Bonchev–Trinajstić information content (AvgIpc) is 2.67. The number of carbonyl (C=O) groups is 3. The Hall–Kier alpha value is -2.58. The van der Waals surface area contributed by atoms with Gasteiger partial charge in [0.25, 0.3) is 5.91 Å². The van der Waals surface area contributed by atoms with E-state index in [0.717, 1.165) is 4.90 Å². The van der Waals surface area contributed by atoms with Crippen LogP contribution < -0.4 is 10.1 Å². The minimum absolute atomic E-state index is 0.218. The molecule has 0 saturated carbocycles. The van der Waals surface area contributed by atoms with Gasteiger partial charge in [-0.1, -0.05) is 23.7 Å². The minimum atomic E-state index is -0.687. The summed E-state index contributed by atoms with van der Waals surface area (Å²) < 4.78 is 10.6. The normalized spacial score (nSPS) is 10.1. The first-order valence-electron chi connectivity index (χ1n) is 8.11. The number of benzene rings is 2. The van der Waals surface area contributed by atoms with Gasteiger partial charge in [-0.2, -0.15) is 0 Å². The number of nitrogens with zero attached hydrogens (tertiary/aromatic N) is 1. The van der Waals surface area contributed by atoms with E-state index in [1.54, 1.807) is 36.4 Å². The molecule has 0 heterocycles. The summed E-state index contributed by atoms with van der Waals surface area (Å²) >= 11 is 9.23. The predicted octanol–water partition coefficient (Wildman–Crippen LogP) is 3.37. The number of rotatable bonds is 7. The number of hydrogen-bond donors (Lipinski definition) is 1. The van der Waals surface area contributed by atoms with Gasteiger partial charge in [-0.25, -0.2) is 4.79 Å². The van der Waals surface area contributed by atoms with Gasteiger partial charge in [-0.05, 0) is 46.3 Å². The number of hydrogen-bond acceptors (Lipinski definition) is 5. The molecule has 0 saturated heterocycles. The second-order valence-electron chi connectivity index (χ2n) is 5.70. The zero-order chi connectivity index (χ0) is 20.7. The monoisotopic (exact) mass is 468 g/mol. The molecule has 1 N–H and O–H groups in total. The van der Waals surface area contributed by atoms with E-state index in [2.05, 4.69) is 21.2 Å². The number of amides is 2. The summed E-state index contributed by atoms with van der Waals surface area (Å²) in [6.07, 6.45) is 0. The van der Waals surface area contributed by atoms with Crippen LogP contribution >= 0.6 is 27.5 Å². The summed E-state index contributed by atoms with van der Waals surface area (Å²) in [5, 5.41) is 3.01.